The number of amides is 1. The molecular formula is C14H18ClN3O. The van der Waals surface area contributed by atoms with E-state index in [-0.39, 0.29) is 11.9 Å². The highest BCUT2D eigenvalue weighted by Crippen LogP contribution is 2.27. The van der Waals surface area contributed by atoms with Gasteiger partial charge in [0.1, 0.15) is 5.15 Å². The number of pyridine rings is 1. The Bertz CT molecular complexity index is 477. The molecule has 0 aliphatic carbocycles. The topological polar surface area (TPSA) is 45.2 Å². The average molecular weight is 280 g/mol. The van der Waals surface area contributed by atoms with Gasteiger partial charge in [-0.1, -0.05) is 11.6 Å². The third-order valence-electron chi connectivity index (χ3n) is 4.16. The molecule has 0 aromatic carbocycles. The lowest BCUT2D eigenvalue weighted by Gasteiger charge is -2.44. The molecule has 1 aromatic rings. The summed E-state index contributed by atoms with van der Waals surface area (Å²) >= 11 is 5.90. The van der Waals surface area contributed by atoms with Crippen LogP contribution in [0.15, 0.2) is 12.1 Å². The van der Waals surface area contributed by atoms with Gasteiger partial charge in [0.2, 0.25) is 0 Å². The second kappa shape index (κ2) is 5.10. The fourth-order valence-corrected chi connectivity index (χ4v) is 3.39. The molecule has 2 bridgehead atoms. The maximum atomic E-state index is 12.3. The second-order valence-corrected chi connectivity index (χ2v) is 5.93. The van der Waals surface area contributed by atoms with Gasteiger partial charge in [-0.3, -0.25) is 4.79 Å². The van der Waals surface area contributed by atoms with Crippen molar-refractivity contribution in [3.63, 3.8) is 0 Å². The molecular weight excluding hydrogens is 262 g/mol. The summed E-state index contributed by atoms with van der Waals surface area (Å²) in [5, 5.41) is 3.53. The minimum atomic E-state index is -0.0360. The van der Waals surface area contributed by atoms with Crippen LogP contribution in [0.25, 0.3) is 0 Å². The molecule has 0 spiro atoms. The quantitative estimate of drug-likeness (QED) is 0.841. The average Bonchev–Trinajstić information content (AvgIpc) is 2.39. The number of aromatic nitrogens is 1. The molecule has 3 fully saturated rings. The molecule has 1 N–H and O–H groups in total. The number of nitrogens with one attached hydrogen (secondary N) is 1. The van der Waals surface area contributed by atoms with Gasteiger partial charge in [0.25, 0.3) is 5.91 Å². The number of rotatable bonds is 2. The molecule has 4 nitrogen and oxygen atoms in total. The van der Waals surface area contributed by atoms with Gasteiger partial charge in [0.05, 0.1) is 0 Å². The van der Waals surface area contributed by atoms with Crippen molar-refractivity contribution >= 4 is 17.5 Å². The Labute approximate surface area is 118 Å². The largest absolute Gasteiger partial charge is 0.348 e. The first-order chi connectivity index (χ1) is 9.11. The third-order valence-corrected chi connectivity index (χ3v) is 4.35. The highest BCUT2D eigenvalue weighted by molar-refractivity contribution is 6.29. The molecule has 3 aliphatic rings. The Hall–Kier alpha value is -1.13. The first-order valence-electron chi connectivity index (χ1n) is 6.79. The van der Waals surface area contributed by atoms with Gasteiger partial charge in [0.15, 0.2) is 0 Å². The fraction of sp³-hybridized carbons (Fsp3) is 0.571. The van der Waals surface area contributed by atoms with Crippen LogP contribution in [0.1, 0.15) is 28.9 Å². The van der Waals surface area contributed by atoms with Crippen molar-refractivity contribution in [3.8, 4) is 0 Å². The zero-order valence-corrected chi connectivity index (χ0v) is 11.8. The molecule has 3 saturated heterocycles. The molecule has 3 aliphatic heterocycles. The number of fused-ring (bicyclic) bond motifs is 3. The van der Waals surface area contributed by atoms with Crippen LogP contribution in [0, 0.1) is 12.8 Å². The predicted molar refractivity (Wildman–Crippen MR) is 74.4 cm³/mol. The molecule has 1 aromatic heterocycles. The van der Waals surface area contributed by atoms with Crippen LogP contribution in [0.3, 0.4) is 0 Å². The van der Waals surface area contributed by atoms with E-state index in [1.165, 1.54) is 25.9 Å². The van der Waals surface area contributed by atoms with Gasteiger partial charge in [-0.2, -0.15) is 0 Å². The number of piperidine rings is 3. The van der Waals surface area contributed by atoms with E-state index >= 15 is 0 Å². The molecule has 1 unspecified atom stereocenters. The Balaban J connectivity index is 1.71. The number of nitrogens with zero attached hydrogens (tertiary/aromatic N) is 2. The summed E-state index contributed by atoms with van der Waals surface area (Å²) in [6, 6.07) is 3.69. The van der Waals surface area contributed by atoms with E-state index in [1.54, 1.807) is 12.1 Å². The molecule has 5 heteroatoms. The maximum absolute atomic E-state index is 12.3. The van der Waals surface area contributed by atoms with Crippen LogP contribution in [0.5, 0.6) is 0 Å². The van der Waals surface area contributed by atoms with Crippen LogP contribution in [0.4, 0.5) is 0 Å². The monoisotopic (exact) mass is 279 g/mol. The van der Waals surface area contributed by atoms with Crippen molar-refractivity contribution in [1.29, 1.82) is 0 Å². The zero-order chi connectivity index (χ0) is 13.4. The smallest absolute Gasteiger partial charge is 0.251 e. The van der Waals surface area contributed by atoms with Gasteiger partial charge >= 0.3 is 0 Å². The Morgan fingerprint density at radius 2 is 2.16 bits per heavy atom. The number of hydrogen-bond donors (Lipinski definition) is 1. The van der Waals surface area contributed by atoms with Crippen LogP contribution in [-0.4, -0.2) is 41.5 Å². The Kier molecular flexibility index (Phi) is 3.46. The van der Waals surface area contributed by atoms with E-state index in [9.17, 15) is 4.79 Å². The van der Waals surface area contributed by atoms with E-state index in [0.717, 1.165) is 12.2 Å². The lowest BCUT2D eigenvalue weighted by Crippen LogP contribution is -2.57. The maximum Gasteiger partial charge on any atom is 0.251 e. The number of hydrogen-bond acceptors (Lipinski definition) is 3. The number of aryl methyl sites for hydroxylation is 1. The number of halogens is 1. The molecule has 1 amide bonds. The molecule has 4 rings (SSSR count). The lowest BCUT2D eigenvalue weighted by molar-refractivity contribution is 0.0620. The van der Waals surface area contributed by atoms with Crippen LogP contribution in [-0.2, 0) is 0 Å². The van der Waals surface area contributed by atoms with Crippen molar-refractivity contribution in [1.82, 2.24) is 15.2 Å². The summed E-state index contributed by atoms with van der Waals surface area (Å²) in [5.74, 6) is 0.596. The second-order valence-electron chi connectivity index (χ2n) is 5.54. The summed E-state index contributed by atoms with van der Waals surface area (Å²) in [7, 11) is 0. The van der Waals surface area contributed by atoms with Gasteiger partial charge in [0, 0.05) is 23.8 Å². The summed E-state index contributed by atoms with van der Waals surface area (Å²) < 4.78 is 0. The molecule has 0 radical (unpaired) electrons. The van der Waals surface area contributed by atoms with E-state index in [1.807, 2.05) is 6.92 Å². The van der Waals surface area contributed by atoms with Crippen molar-refractivity contribution in [3.05, 3.63) is 28.5 Å². The Morgan fingerprint density at radius 3 is 2.74 bits per heavy atom. The van der Waals surface area contributed by atoms with Gasteiger partial charge in [-0.25, -0.2) is 4.98 Å². The summed E-state index contributed by atoms with van der Waals surface area (Å²) in [4.78, 5) is 18.8. The highest BCUT2D eigenvalue weighted by Gasteiger charge is 2.34. The van der Waals surface area contributed by atoms with Gasteiger partial charge < -0.3 is 10.2 Å². The summed E-state index contributed by atoms with van der Waals surface area (Å²) in [6.45, 7) is 5.18. The zero-order valence-electron chi connectivity index (χ0n) is 11.0. The van der Waals surface area contributed by atoms with Crippen LogP contribution >= 0.6 is 11.6 Å². The molecule has 0 saturated carbocycles. The van der Waals surface area contributed by atoms with E-state index < -0.39 is 0 Å². The van der Waals surface area contributed by atoms with Crippen molar-refractivity contribution in [2.75, 3.05) is 19.6 Å². The molecule has 4 heterocycles. The molecule has 19 heavy (non-hydrogen) atoms. The third kappa shape index (κ3) is 2.74. The highest BCUT2D eigenvalue weighted by atomic mass is 35.5. The predicted octanol–water partition coefficient (Wildman–Crippen LogP) is 1.87. The Morgan fingerprint density at radius 1 is 1.42 bits per heavy atom. The summed E-state index contributed by atoms with van der Waals surface area (Å²) in [5.41, 5.74) is 1.38. The van der Waals surface area contributed by atoms with Crippen molar-refractivity contribution < 1.29 is 4.79 Å². The lowest BCUT2D eigenvalue weighted by atomic mass is 9.84. The van der Waals surface area contributed by atoms with Gasteiger partial charge in [-0.15, -0.1) is 0 Å². The first kappa shape index (κ1) is 12.9. The number of carbonyl (C=O) groups excluding carboxylic acids is 1. The van der Waals surface area contributed by atoms with Crippen LogP contribution in [0.2, 0.25) is 5.15 Å². The minimum absolute atomic E-state index is 0.0360. The molecule has 102 valence electrons. The van der Waals surface area contributed by atoms with Crippen molar-refractivity contribution in [2.24, 2.45) is 5.92 Å². The van der Waals surface area contributed by atoms with Crippen molar-refractivity contribution in [2.45, 2.75) is 25.8 Å². The standard InChI is InChI=1S/C14H18ClN3O/c1-9-6-11(7-13(15)16-9)14(19)17-12-8-18-4-2-10(12)3-5-18/h6-7,10,12H,2-5,8H2,1H3,(H,17,19). The number of carbonyl (C=O) groups is 1. The van der Waals surface area contributed by atoms with Crippen LogP contribution < -0.4 is 5.32 Å². The van der Waals surface area contributed by atoms with E-state index in [4.69, 9.17) is 11.6 Å². The molecule has 1 atom stereocenters. The SMILES string of the molecule is Cc1cc(C(=O)NC2CN3CCC2CC3)cc(Cl)n1. The fourth-order valence-electron chi connectivity index (χ4n) is 3.14. The minimum Gasteiger partial charge on any atom is -0.348 e. The first-order valence-corrected chi connectivity index (χ1v) is 7.17. The van der Waals surface area contributed by atoms with E-state index in [2.05, 4.69) is 15.2 Å². The van der Waals surface area contributed by atoms with Gasteiger partial charge in [-0.05, 0) is 50.9 Å². The van der Waals surface area contributed by atoms with E-state index in [0.29, 0.717) is 16.6 Å². The summed E-state index contributed by atoms with van der Waals surface area (Å²) in [6.07, 6.45) is 2.39. The normalized spacial score (nSPS) is 29.3.